The highest BCUT2D eigenvalue weighted by Gasteiger charge is 2.08. The molecule has 20 heavy (non-hydrogen) atoms. The van der Waals surface area contributed by atoms with E-state index in [4.69, 9.17) is 5.73 Å². The average molecular weight is 268 g/mol. The Balaban J connectivity index is 2.10. The molecule has 2 aromatic rings. The van der Waals surface area contributed by atoms with Gasteiger partial charge in [-0.2, -0.15) is 0 Å². The highest BCUT2D eigenvalue weighted by atomic mass is 16.1. The molecule has 0 radical (unpaired) electrons. The van der Waals surface area contributed by atoms with Gasteiger partial charge in [-0.05, 0) is 55.6 Å². The van der Waals surface area contributed by atoms with E-state index in [0.717, 1.165) is 24.1 Å². The van der Waals surface area contributed by atoms with Crippen LogP contribution in [-0.4, -0.2) is 12.5 Å². The summed E-state index contributed by atoms with van der Waals surface area (Å²) in [6.07, 6.45) is 1.89. The van der Waals surface area contributed by atoms with Gasteiger partial charge in [0.05, 0.1) is 0 Å². The average Bonchev–Trinajstić information content (AvgIpc) is 2.46. The Morgan fingerprint density at radius 3 is 2.70 bits per heavy atom. The first-order chi connectivity index (χ1) is 9.70. The van der Waals surface area contributed by atoms with Gasteiger partial charge in [0.2, 0.25) is 0 Å². The van der Waals surface area contributed by atoms with Crippen molar-refractivity contribution in [3.8, 4) is 0 Å². The summed E-state index contributed by atoms with van der Waals surface area (Å²) < 4.78 is 0. The zero-order valence-electron chi connectivity index (χ0n) is 11.7. The van der Waals surface area contributed by atoms with Crippen LogP contribution in [0.2, 0.25) is 0 Å². The van der Waals surface area contributed by atoms with Crippen molar-refractivity contribution in [1.82, 2.24) is 0 Å². The molecule has 3 nitrogen and oxygen atoms in total. The summed E-state index contributed by atoms with van der Waals surface area (Å²) in [7, 11) is 0. The summed E-state index contributed by atoms with van der Waals surface area (Å²) in [5.74, 6) is -0.0703. The molecule has 0 aliphatic heterocycles. The Kier molecular flexibility index (Phi) is 4.91. The zero-order valence-corrected chi connectivity index (χ0v) is 11.7. The van der Waals surface area contributed by atoms with Crippen molar-refractivity contribution >= 4 is 11.6 Å². The molecule has 0 aliphatic rings. The molecule has 0 saturated heterocycles. The van der Waals surface area contributed by atoms with Gasteiger partial charge < -0.3 is 11.1 Å². The molecule has 0 atom stereocenters. The summed E-state index contributed by atoms with van der Waals surface area (Å²) in [6, 6.07) is 15.5. The molecule has 3 N–H and O–H groups in total. The summed E-state index contributed by atoms with van der Waals surface area (Å²) in [6.45, 7) is 2.62. The van der Waals surface area contributed by atoms with E-state index in [2.05, 4.69) is 11.4 Å². The van der Waals surface area contributed by atoms with E-state index in [0.29, 0.717) is 12.1 Å². The Labute approximate surface area is 119 Å². The molecule has 2 rings (SSSR count). The van der Waals surface area contributed by atoms with Crippen LogP contribution in [0.4, 0.5) is 5.69 Å². The van der Waals surface area contributed by atoms with Crippen LogP contribution < -0.4 is 11.1 Å². The quantitative estimate of drug-likeness (QED) is 0.875. The van der Waals surface area contributed by atoms with Crippen molar-refractivity contribution in [3.05, 3.63) is 65.2 Å². The Morgan fingerprint density at radius 2 is 1.95 bits per heavy atom. The molecular formula is C17H20N2O. The van der Waals surface area contributed by atoms with E-state index in [1.807, 2.05) is 49.4 Å². The molecule has 104 valence electrons. The van der Waals surface area contributed by atoms with Crippen molar-refractivity contribution in [2.45, 2.75) is 19.8 Å². The van der Waals surface area contributed by atoms with Gasteiger partial charge in [0, 0.05) is 11.3 Å². The molecule has 0 spiro atoms. The highest BCUT2D eigenvalue weighted by Crippen LogP contribution is 2.15. The van der Waals surface area contributed by atoms with Gasteiger partial charge in [0.15, 0.2) is 0 Å². The number of aryl methyl sites for hydroxylation is 2. The molecule has 1 amide bonds. The Hall–Kier alpha value is -2.13. The molecule has 3 heteroatoms. The van der Waals surface area contributed by atoms with Crippen molar-refractivity contribution in [2.75, 3.05) is 11.9 Å². The van der Waals surface area contributed by atoms with Crippen LogP contribution in [0.3, 0.4) is 0 Å². The van der Waals surface area contributed by atoms with Crippen LogP contribution in [0.25, 0.3) is 0 Å². The zero-order chi connectivity index (χ0) is 14.4. The predicted octanol–water partition coefficient (Wildman–Crippen LogP) is 3.14. The second kappa shape index (κ2) is 6.87. The van der Waals surface area contributed by atoms with Crippen LogP contribution in [0, 0.1) is 6.92 Å². The first-order valence-corrected chi connectivity index (χ1v) is 6.86. The minimum absolute atomic E-state index is 0.0703. The van der Waals surface area contributed by atoms with Crippen molar-refractivity contribution in [3.63, 3.8) is 0 Å². The fraction of sp³-hybridized carbons (Fsp3) is 0.235. The van der Waals surface area contributed by atoms with E-state index >= 15 is 0 Å². The van der Waals surface area contributed by atoms with E-state index in [9.17, 15) is 4.79 Å². The normalized spacial score (nSPS) is 10.3. The number of carbonyl (C=O) groups is 1. The minimum atomic E-state index is -0.0703. The smallest absolute Gasteiger partial charge is 0.255 e. The van der Waals surface area contributed by atoms with Gasteiger partial charge >= 0.3 is 0 Å². The number of hydrogen-bond acceptors (Lipinski definition) is 2. The van der Waals surface area contributed by atoms with Gasteiger partial charge in [-0.3, -0.25) is 4.79 Å². The number of benzene rings is 2. The second-order valence-electron chi connectivity index (χ2n) is 4.86. The van der Waals surface area contributed by atoms with Gasteiger partial charge in [-0.15, -0.1) is 0 Å². The molecule has 0 fully saturated rings. The van der Waals surface area contributed by atoms with Crippen LogP contribution in [-0.2, 0) is 6.42 Å². The van der Waals surface area contributed by atoms with Gasteiger partial charge in [0.25, 0.3) is 5.91 Å². The number of rotatable bonds is 5. The lowest BCUT2D eigenvalue weighted by molar-refractivity contribution is 0.102. The minimum Gasteiger partial charge on any atom is -0.330 e. The van der Waals surface area contributed by atoms with Crippen molar-refractivity contribution < 1.29 is 4.79 Å². The van der Waals surface area contributed by atoms with E-state index in [1.165, 1.54) is 5.56 Å². The molecule has 0 aliphatic carbocycles. The Bertz CT molecular complexity index is 593. The van der Waals surface area contributed by atoms with Crippen LogP contribution in [0.15, 0.2) is 48.5 Å². The number of carbonyl (C=O) groups excluding carboxylic acids is 1. The molecule has 0 saturated carbocycles. The van der Waals surface area contributed by atoms with E-state index in [-0.39, 0.29) is 5.91 Å². The Morgan fingerprint density at radius 1 is 1.15 bits per heavy atom. The maximum atomic E-state index is 12.2. The number of anilines is 1. The lowest BCUT2D eigenvalue weighted by Crippen LogP contribution is -2.13. The molecule has 0 bridgehead atoms. The van der Waals surface area contributed by atoms with Crippen LogP contribution in [0.5, 0.6) is 0 Å². The maximum absolute atomic E-state index is 12.2. The fourth-order valence-electron chi connectivity index (χ4n) is 2.14. The van der Waals surface area contributed by atoms with Crippen LogP contribution in [0.1, 0.15) is 27.9 Å². The number of amides is 1. The summed E-state index contributed by atoms with van der Waals surface area (Å²) in [4.78, 5) is 12.2. The van der Waals surface area contributed by atoms with Gasteiger partial charge in [-0.1, -0.05) is 30.3 Å². The largest absolute Gasteiger partial charge is 0.330 e. The topological polar surface area (TPSA) is 55.1 Å². The highest BCUT2D eigenvalue weighted by molar-refractivity contribution is 6.05. The molecule has 0 heterocycles. The lowest BCUT2D eigenvalue weighted by Gasteiger charge is -2.09. The predicted molar refractivity (Wildman–Crippen MR) is 82.9 cm³/mol. The summed E-state index contributed by atoms with van der Waals surface area (Å²) >= 11 is 0. The maximum Gasteiger partial charge on any atom is 0.255 e. The summed E-state index contributed by atoms with van der Waals surface area (Å²) in [5.41, 5.74) is 9.22. The lowest BCUT2D eigenvalue weighted by atomic mass is 10.1. The fourth-order valence-corrected chi connectivity index (χ4v) is 2.14. The standard InChI is InChI=1S/C17H20N2O/c1-13-6-2-3-10-16(13)17(20)19-15-9-4-7-14(12-15)8-5-11-18/h2-4,6-7,9-10,12H,5,8,11,18H2,1H3,(H,19,20). The second-order valence-corrected chi connectivity index (χ2v) is 4.86. The first-order valence-electron chi connectivity index (χ1n) is 6.86. The van der Waals surface area contributed by atoms with E-state index in [1.54, 1.807) is 0 Å². The van der Waals surface area contributed by atoms with Crippen molar-refractivity contribution in [2.24, 2.45) is 5.73 Å². The van der Waals surface area contributed by atoms with Gasteiger partial charge in [0.1, 0.15) is 0 Å². The number of hydrogen-bond donors (Lipinski definition) is 2. The summed E-state index contributed by atoms with van der Waals surface area (Å²) in [5, 5.41) is 2.95. The van der Waals surface area contributed by atoms with E-state index < -0.39 is 0 Å². The SMILES string of the molecule is Cc1ccccc1C(=O)Nc1cccc(CCCN)c1. The molecular weight excluding hydrogens is 248 g/mol. The molecule has 0 unspecified atom stereocenters. The monoisotopic (exact) mass is 268 g/mol. The molecule has 2 aromatic carbocycles. The van der Waals surface area contributed by atoms with Crippen molar-refractivity contribution in [1.29, 1.82) is 0 Å². The third-order valence-electron chi connectivity index (χ3n) is 3.24. The number of nitrogens with one attached hydrogen (secondary N) is 1. The third-order valence-corrected chi connectivity index (χ3v) is 3.24. The van der Waals surface area contributed by atoms with Gasteiger partial charge in [-0.25, -0.2) is 0 Å². The first kappa shape index (κ1) is 14.3. The molecule has 0 aromatic heterocycles. The van der Waals surface area contributed by atoms with Crippen LogP contribution >= 0.6 is 0 Å². The third kappa shape index (κ3) is 3.68. The number of nitrogens with two attached hydrogens (primary N) is 1.